The van der Waals surface area contributed by atoms with E-state index in [1.165, 1.54) is 4.13 Å². The second-order valence-corrected chi connectivity index (χ2v) is 6.52. The van der Waals surface area contributed by atoms with E-state index in [0.717, 1.165) is 12.3 Å². The third-order valence-corrected chi connectivity index (χ3v) is 4.10. The van der Waals surface area contributed by atoms with Gasteiger partial charge in [0.05, 0.1) is 12.0 Å². The molecule has 2 N–H and O–H groups in total. The highest BCUT2D eigenvalue weighted by Gasteiger charge is 2.15. The summed E-state index contributed by atoms with van der Waals surface area (Å²) in [5, 5.41) is 2.20. The van der Waals surface area contributed by atoms with Crippen LogP contribution in [0.15, 0.2) is 12.7 Å². The SMILES string of the molecule is C=CC(=O)NCCS(=O)(=O)NS(C)(=O)=O. The molecular formula is C6H12N2O5S2. The lowest BCUT2D eigenvalue weighted by molar-refractivity contribution is -0.116. The van der Waals surface area contributed by atoms with Crippen molar-refractivity contribution >= 4 is 26.0 Å². The van der Waals surface area contributed by atoms with E-state index >= 15 is 0 Å². The summed E-state index contributed by atoms with van der Waals surface area (Å²) in [5.41, 5.74) is 0. The van der Waals surface area contributed by atoms with Crippen molar-refractivity contribution in [3.63, 3.8) is 0 Å². The molecule has 15 heavy (non-hydrogen) atoms. The Kier molecular flexibility index (Phi) is 4.91. The zero-order valence-electron chi connectivity index (χ0n) is 8.06. The Bertz CT molecular complexity index is 436. The van der Waals surface area contributed by atoms with Crippen LogP contribution in [0, 0.1) is 0 Å². The summed E-state index contributed by atoms with van der Waals surface area (Å²) < 4.78 is 44.8. The molecule has 0 aromatic heterocycles. The van der Waals surface area contributed by atoms with Gasteiger partial charge in [0, 0.05) is 6.54 Å². The molecule has 0 unspecified atom stereocenters. The number of hydrogen-bond donors (Lipinski definition) is 2. The van der Waals surface area contributed by atoms with Crippen molar-refractivity contribution in [3.05, 3.63) is 12.7 Å². The molecule has 0 saturated carbocycles. The van der Waals surface area contributed by atoms with E-state index in [1.807, 2.05) is 0 Å². The molecule has 0 aliphatic rings. The number of hydrogen-bond acceptors (Lipinski definition) is 5. The summed E-state index contributed by atoms with van der Waals surface area (Å²) in [5.74, 6) is -1.04. The monoisotopic (exact) mass is 256 g/mol. The Labute approximate surface area is 88.7 Å². The lowest BCUT2D eigenvalue weighted by Crippen LogP contribution is -2.36. The summed E-state index contributed by atoms with van der Waals surface area (Å²) in [4.78, 5) is 10.6. The molecule has 0 aromatic rings. The average molecular weight is 256 g/mol. The van der Waals surface area contributed by atoms with Crippen LogP contribution in [0.5, 0.6) is 0 Å². The van der Waals surface area contributed by atoms with Crippen molar-refractivity contribution in [2.24, 2.45) is 0 Å². The molecule has 0 atom stereocenters. The van der Waals surface area contributed by atoms with Crippen LogP contribution >= 0.6 is 0 Å². The van der Waals surface area contributed by atoms with Crippen molar-refractivity contribution in [1.82, 2.24) is 9.44 Å². The summed E-state index contributed by atoms with van der Waals surface area (Å²) in [6.45, 7) is 2.98. The zero-order chi connectivity index (χ0) is 12.1. The molecular weight excluding hydrogens is 244 g/mol. The quantitative estimate of drug-likeness (QED) is 0.543. The van der Waals surface area contributed by atoms with Crippen molar-refractivity contribution in [1.29, 1.82) is 0 Å². The van der Waals surface area contributed by atoms with Crippen LogP contribution < -0.4 is 9.44 Å². The zero-order valence-corrected chi connectivity index (χ0v) is 9.69. The van der Waals surface area contributed by atoms with Gasteiger partial charge >= 0.3 is 0 Å². The summed E-state index contributed by atoms with van der Waals surface area (Å²) in [6, 6.07) is 0. The highest BCUT2D eigenvalue weighted by molar-refractivity contribution is 8.04. The first-order valence-electron chi connectivity index (χ1n) is 3.78. The van der Waals surface area contributed by atoms with Gasteiger partial charge in [-0.2, -0.15) is 0 Å². The fourth-order valence-corrected chi connectivity index (χ4v) is 3.20. The molecule has 0 rings (SSSR count). The lowest BCUT2D eigenvalue weighted by Gasteiger charge is -2.04. The molecule has 0 aromatic carbocycles. The Morgan fingerprint density at radius 3 is 2.27 bits per heavy atom. The number of carbonyl (C=O) groups excluding carboxylic acids is 1. The molecule has 9 heteroatoms. The van der Waals surface area contributed by atoms with Gasteiger partial charge < -0.3 is 5.32 Å². The lowest BCUT2D eigenvalue weighted by atomic mass is 10.6. The maximum atomic E-state index is 11.0. The van der Waals surface area contributed by atoms with Gasteiger partial charge in [-0.3, -0.25) is 4.79 Å². The van der Waals surface area contributed by atoms with Gasteiger partial charge in [-0.15, -0.1) is 4.13 Å². The molecule has 0 aliphatic carbocycles. The first-order chi connectivity index (χ1) is 6.66. The number of carbonyl (C=O) groups is 1. The number of rotatable bonds is 6. The molecule has 1 amide bonds. The van der Waals surface area contributed by atoms with E-state index in [2.05, 4.69) is 11.9 Å². The fourth-order valence-electron chi connectivity index (χ4n) is 0.653. The first kappa shape index (κ1) is 14.1. The maximum Gasteiger partial charge on any atom is 0.243 e. The molecule has 0 saturated heterocycles. The molecule has 7 nitrogen and oxygen atoms in total. The molecule has 0 bridgehead atoms. The van der Waals surface area contributed by atoms with Gasteiger partial charge in [0.15, 0.2) is 0 Å². The van der Waals surface area contributed by atoms with Crippen LogP contribution in [0.3, 0.4) is 0 Å². The third kappa shape index (κ3) is 8.09. The van der Waals surface area contributed by atoms with Crippen molar-refractivity contribution in [2.45, 2.75) is 0 Å². The van der Waals surface area contributed by atoms with E-state index in [4.69, 9.17) is 0 Å². The minimum absolute atomic E-state index is 0.185. The molecule has 0 fully saturated rings. The Hall–Kier alpha value is -0.930. The van der Waals surface area contributed by atoms with Crippen molar-refractivity contribution in [3.8, 4) is 0 Å². The smallest absolute Gasteiger partial charge is 0.243 e. The Morgan fingerprint density at radius 2 is 1.87 bits per heavy atom. The van der Waals surface area contributed by atoms with E-state index < -0.39 is 31.7 Å². The molecule has 0 spiro atoms. The summed E-state index contributed by atoms with van der Waals surface area (Å²) in [7, 11) is -7.74. The summed E-state index contributed by atoms with van der Waals surface area (Å²) in [6.07, 6.45) is 1.71. The highest BCUT2D eigenvalue weighted by Crippen LogP contribution is 1.86. The fraction of sp³-hybridized carbons (Fsp3) is 0.500. The molecule has 0 radical (unpaired) electrons. The van der Waals surface area contributed by atoms with Crippen LogP contribution in [0.2, 0.25) is 0 Å². The second kappa shape index (κ2) is 5.24. The predicted octanol–water partition coefficient (Wildman–Crippen LogP) is -1.83. The van der Waals surface area contributed by atoms with Gasteiger partial charge in [-0.05, 0) is 6.08 Å². The standard InChI is InChI=1S/C6H12N2O5S2/c1-3-6(9)7-4-5-15(12,13)8-14(2,10)11/h3,8H,1,4-5H2,2H3,(H,7,9). The van der Waals surface area contributed by atoms with Crippen molar-refractivity contribution in [2.75, 3.05) is 18.6 Å². The van der Waals surface area contributed by atoms with Gasteiger partial charge in [0.1, 0.15) is 0 Å². The van der Waals surface area contributed by atoms with Gasteiger partial charge in [-0.1, -0.05) is 6.58 Å². The predicted molar refractivity (Wildman–Crippen MR) is 55.0 cm³/mol. The highest BCUT2D eigenvalue weighted by atomic mass is 32.3. The van der Waals surface area contributed by atoms with Gasteiger partial charge in [0.2, 0.25) is 26.0 Å². The van der Waals surface area contributed by atoms with E-state index in [9.17, 15) is 21.6 Å². The normalized spacial score (nSPS) is 12.1. The van der Waals surface area contributed by atoms with Gasteiger partial charge in [-0.25, -0.2) is 16.8 Å². The van der Waals surface area contributed by atoms with Gasteiger partial charge in [0.25, 0.3) is 0 Å². The molecule has 0 aliphatic heterocycles. The minimum atomic E-state index is -3.93. The van der Waals surface area contributed by atoms with E-state index in [-0.39, 0.29) is 6.54 Å². The van der Waals surface area contributed by atoms with Crippen LogP contribution in [0.4, 0.5) is 0 Å². The molecule has 0 heterocycles. The average Bonchev–Trinajstić information content (AvgIpc) is 1.98. The first-order valence-corrected chi connectivity index (χ1v) is 7.32. The van der Waals surface area contributed by atoms with Crippen LogP contribution in [-0.4, -0.2) is 41.3 Å². The Balaban J connectivity index is 4.18. The largest absolute Gasteiger partial charge is 0.351 e. The maximum absolute atomic E-state index is 11.0. The minimum Gasteiger partial charge on any atom is -0.351 e. The number of sulfonamides is 2. The van der Waals surface area contributed by atoms with Crippen LogP contribution in [-0.2, 0) is 24.8 Å². The topological polar surface area (TPSA) is 109 Å². The summed E-state index contributed by atoms with van der Waals surface area (Å²) >= 11 is 0. The number of amides is 1. The van der Waals surface area contributed by atoms with E-state index in [1.54, 1.807) is 0 Å². The van der Waals surface area contributed by atoms with Crippen LogP contribution in [0.1, 0.15) is 0 Å². The van der Waals surface area contributed by atoms with E-state index in [0.29, 0.717) is 0 Å². The Morgan fingerprint density at radius 1 is 1.33 bits per heavy atom. The molecule has 88 valence electrons. The number of nitrogens with one attached hydrogen (secondary N) is 2. The second-order valence-electron chi connectivity index (χ2n) is 2.67. The van der Waals surface area contributed by atoms with Crippen molar-refractivity contribution < 1.29 is 21.6 Å². The van der Waals surface area contributed by atoms with Crippen LogP contribution in [0.25, 0.3) is 0 Å². The third-order valence-electron chi connectivity index (χ3n) is 1.13.